The number of piperidine rings is 1. The van der Waals surface area contributed by atoms with Gasteiger partial charge in [-0.3, -0.25) is 23.9 Å². The average Bonchev–Trinajstić information content (AvgIpc) is 3.22. The zero-order valence-corrected chi connectivity index (χ0v) is 25.1. The minimum Gasteiger partial charge on any atom is -0.466 e. The van der Waals surface area contributed by atoms with Crippen molar-refractivity contribution in [1.82, 2.24) is 9.47 Å². The van der Waals surface area contributed by atoms with E-state index in [9.17, 15) is 24.0 Å². The van der Waals surface area contributed by atoms with Crippen molar-refractivity contribution < 1.29 is 18.7 Å². The highest BCUT2D eigenvalue weighted by Gasteiger charge is 2.34. The third-order valence-electron chi connectivity index (χ3n) is 7.40. The maximum atomic E-state index is 13.5. The van der Waals surface area contributed by atoms with Crippen LogP contribution in [0.5, 0.6) is 0 Å². The van der Waals surface area contributed by atoms with E-state index in [4.69, 9.17) is 17.0 Å². The van der Waals surface area contributed by atoms with E-state index in [1.807, 2.05) is 6.92 Å². The molecule has 0 N–H and O–H groups in total. The Labute approximate surface area is 248 Å². The van der Waals surface area contributed by atoms with Crippen LogP contribution in [-0.4, -0.2) is 45.4 Å². The van der Waals surface area contributed by atoms with Gasteiger partial charge in [-0.1, -0.05) is 49.5 Å². The van der Waals surface area contributed by atoms with E-state index in [1.54, 1.807) is 36.6 Å². The number of carbonyl (C=O) groups is 2. The highest BCUT2D eigenvalue weighted by molar-refractivity contribution is 8.26. The summed E-state index contributed by atoms with van der Waals surface area (Å²) in [4.78, 5) is 43.3. The molecule has 11 heteroatoms. The van der Waals surface area contributed by atoms with Crippen molar-refractivity contribution >= 4 is 52.1 Å². The fourth-order valence-electron chi connectivity index (χ4n) is 5.14. The van der Waals surface area contributed by atoms with E-state index in [2.05, 4.69) is 11.0 Å². The quantitative estimate of drug-likeness (QED) is 0.223. The summed E-state index contributed by atoms with van der Waals surface area (Å²) in [5.74, 6) is -0.435. The van der Waals surface area contributed by atoms with E-state index in [0.717, 1.165) is 30.2 Å². The monoisotopic (exact) mass is 596 g/mol. The molecule has 0 bridgehead atoms. The van der Waals surface area contributed by atoms with Crippen LogP contribution >= 0.6 is 24.0 Å². The Morgan fingerprint density at radius 1 is 1.22 bits per heavy atom. The number of nitriles is 1. The van der Waals surface area contributed by atoms with Gasteiger partial charge in [0.1, 0.15) is 27.6 Å². The van der Waals surface area contributed by atoms with E-state index in [1.165, 1.54) is 17.0 Å². The van der Waals surface area contributed by atoms with Crippen molar-refractivity contribution in [2.45, 2.75) is 59.5 Å². The molecule has 0 radical (unpaired) electrons. The molecule has 0 spiro atoms. The van der Waals surface area contributed by atoms with Gasteiger partial charge in [-0.25, -0.2) is 4.39 Å². The Hall–Kier alpha value is -3.49. The molecule has 2 aromatic rings. The van der Waals surface area contributed by atoms with Crippen molar-refractivity contribution in [3.8, 4) is 6.07 Å². The number of esters is 1. The van der Waals surface area contributed by atoms with E-state index in [0.29, 0.717) is 65.3 Å². The summed E-state index contributed by atoms with van der Waals surface area (Å²) in [6.07, 6.45) is 4.45. The first-order valence-electron chi connectivity index (χ1n) is 13.8. The van der Waals surface area contributed by atoms with Crippen molar-refractivity contribution in [2.24, 2.45) is 5.92 Å². The molecule has 1 aromatic heterocycles. The minimum atomic E-state index is -0.361. The highest BCUT2D eigenvalue weighted by Crippen LogP contribution is 2.37. The molecule has 216 valence electrons. The molecule has 8 nitrogen and oxygen atoms in total. The number of unbranched alkanes of at least 4 members (excludes halogenated alkanes) is 1. The largest absolute Gasteiger partial charge is 0.466 e. The van der Waals surface area contributed by atoms with Gasteiger partial charge in [-0.05, 0) is 62.4 Å². The molecule has 0 unspecified atom stereocenters. The van der Waals surface area contributed by atoms with Crippen LogP contribution in [0.15, 0.2) is 34.0 Å². The molecule has 0 saturated carbocycles. The molecule has 2 aliphatic heterocycles. The lowest BCUT2D eigenvalue weighted by Crippen LogP contribution is -2.41. The molecule has 41 heavy (non-hydrogen) atoms. The molecule has 2 fully saturated rings. The predicted molar refractivity (Wildman–Crippen MR) is 162 cm³/mol. The Morgan fingerprint density at radius 3 is 2.51 bits per heavy atom. The second kappa shape index (κ2) is 13.4. The summed E-state index contributed by atoms with van der Waals surface area (Å²) < 4.78 is 20.6. The number of halogens is 1. The molecule has 3 heterocycles. The Kier molecular flexibility index (Phi) is 9.99. The van der Waals surface area contributed by atoms with Crippen LogP contribution < -0.4 is 10.5 Å². The van der Waals surface area contributed by atoms with Crippen LogP contribution in [0.4, 0.5) is 10.2 Å². The summed E-state index contributed by atoms with van der Waals surface area (Å²) in [5.41, 5.74) is 1.54. The van der Waals surface area contributed by atoms with Crippen LogP contribution in [0, 0.1) is 30.0 Å². The number of rotatable bonds is 9. The second-order valence-corrected chi connectivity index (χ2v) is 11.7. The number of hydrogen-bond acceptors (Lipinski definition) is 8. The number of carbonyl (C=O) groups excluding carboxylic acids is 2. The summed E-state index contributed by atoms with van der Waals surface area (Å²) >= 11 is 6.69. The maximum Gasteiger partial charge on any atom is 0.309 e. The molecule has 0 aliphatic carbocycles. The van der Waals surface area contributed by atoms with Crippen LogP contribution in [0.2, 0.25) is 0 Å². The molecule has 2 aliphatic rings. The van der Waals surface area contributed by atoms with Crippen LogP contribution in [-0.2, 0) is 27.4 Å². The Bertz CT molecular complexity index is 1470. The van der Waals surface area contributed by atoms with Gasteiger partial charge >= 0.3 is 5.97 Å². The number of hydrogen-bond donors (Lipinski definition) is 0. The highest BCUT2D eigenvalue weighted by atomic mass is 32.2. The average molecular weight is 597 g/mol. The van der Waals surface area contributed by atoms with Gasteiger partial charge < -0.3 is 9.64 Å². The number of nitrogens with zero attached hydrogens (tertiary/aromatic N) is 4. The van der Waals surface area contributed by atoms with E-state index < -0.39 is 0 Å². The smallest absolute Gasteiger partial charge is 0.309 e. The van der Waals surface area contributed by atoms with Crippen molar-refractivity contribution in [3.63, 3.8) is 0 Å². The zero-order valence-electron chi connectivity index (χ0n) is 23.4. The molecule has 0 atom stereocenters. The first-order chi connectivity index (χ1) is 19.7. The number of thiocarbonyl (C=S) groups is 1. The SMILES string of the molecule is CCCCn1c(N2CCC(C(=O)OCC)CC2)c(/C=C2/SC(=S)N(Cc3ccc(F)cc3)C2=O)c(C)c(C#N)c1=O. The number of ether oxygens (including phenoxy) is 1. The van der Waals surface area contributed by atoms with E-state index in [-0.39, 0.29) is 41.3 Å². The summed E-state index contributed by atoms with van der Waals surface area (Å²) in [7, 11) is 0. The number of aromatic nitrogens is 1. The van der Waals surface area contributed by atoms with Gasteiger partial charge in [0.2, 0.25) is 0 Å². The van der Waals surface area contributed by atoms with Gasteiger partial charge in [-0.2, -0.15) is 5.26 Å². The predicted octanol–water partition coefficient (Wildman–Crippen LogP) is 5.15. The third kappa shape index (κ3) is 6.54. The number of amides is 1. The topological polar surface area (TPSA) is 95.6 Å². The first-order valence-corrected chi connectivity index (χ1v) is 15.0. The summed E-state index contributed by atoms with van der Waals surface area (Å²) in [5, 5.41) is 9.92. The second-order valence-electron chi connectivity index (χ2n) is 10.1. The lowest BCUT2D eigenvalue weighted by molar-refractivity contribution is -0.148. The van der Waals surface area contributed by atoms with Gasteiger partial charge in [0.25, 0.3) is 11.5 Å². The number of benzene rings is 1. The van der Waals surface area contributed by atoms with Gasteiger partial charge in [0, 0.05) is 25.2 Å². The standard InChI is InChI=1S/C30H33FN4O4S2/c1-4-6-13-34-26(33-14-11-21(12-15-33)29(38)39-5-2)23(19(3)24(17-32)27(34)36)16-25-28(37)35(30(40)41-25)18-20-7-9-22(31)10-8-20/h7-10,16,21H,4-6,11-15,18H2,1-3H3/b25-16+. The molecule has 2 saturated heterocycles. The van der Waals surface area contributed by atoms with Crippen molar-refractivity contribution in [1.29, 1.82) is 5.26 Å². The molecule has 1 aromatic carbocycles. The third-order valence-corrected chi connectivity index (χ3v) is 8.78. The fraction of sp³-hybridized carbons (Fsp3) is 0.433. The summed E-state index contributed by atoms with van der Waals surface area (Å²) in [6, 6.07) is 7.98. The van der Waals surface area contributed by atoms with E-state index >= 15 is 0 Å². The lowest BCUT2D eigenvalue weighted by Gasteiger charge is -2.35. The van der Waals surface area contributed by atoms with Crippen molar-refractivity contribution in [2.75, 3.05) is 24.6 Å². The number of anilines is 1. The lowest BCUT2D eigenvalue weighted by atomic mass is 9.95. The number of pyridine rings is 1. The fourth-order valence-corrected chi connectivity index (χ4v) is 6.37. The van der Waals surface area contributed by atoms with Crippen LogP contribution in [0.25, 0.3) is 6.08 Å². The van der Waals surface area contributed by atoms with Gasteiger partial charge in [0.05, 0.1) is 24.0 Å². The molecular weight excluding hydrogens is 563 g/mol. The normalized spacial score (nSPS) is 16.9. The van der Waals surface area contributed by atoms with Gasteiger partial charge in [-0.15, -0.1) is 0 Å². The minimum absolute atomic E-state index is 0.0410. The number of thioether (sulfide) groups is 1. The van der Waals surface area contributed by atoms with Crippen molar-refractivity contribution in [3.05, 3.63) is 67.6 Å². The van der Waals surface area contributed by atoms with Gasteiger partial charge in [0.15, 0.2) is 0 Å². The maximum absolute atomic E-state index is 13.5. The Balaban J connectivity index is 1.76. The molecule has 1 amide bonds. The molecule has 4 rings (SSSR count). The Morgan fingerprint density at radius 2 is 1.90 bits per heavy atom. The first kappa shape index (κ1) is 30.5. The molecular formula is C30H33FN4O4S2. The van der Waals surface area contributed by atoms with Crippen LogP contribution in [0.3, 0.4) is 0 Å². The zero-order chi connectivity index (χ0) is 29.7. The summed E-state index contributed by atoms with van der Waals surface area (Å²) in [6.45, 7) is 7.53. The van der Waals surface area contributed by atoms with Crippen LogP contribution in [0.1, 0.15) is 61.8 Å².